The predicted molar refractivity (Wildman–Crippen MR) is 169 cm³/mol. The Morgan fingerprint density at radius 3 is 0.925 bits per heavy atom. The summed E-state index contributed by atoms with van der Waals surface area (Å²) in [5.74, 6) is 1.09. The number of rotatable bonds is 4. The Morgan fingerprint density at radius 1 is 0.425 bits per heavy atom. The molecule has 0 spiro atoms. The van der Waals surface area contributed by atoms with Crippen LogP contribution in [0.5, 0.6) is 0 Å². The number of fused-ring (bicyclic) bond motifs is 10. The van der Waals surface area contributed by atoms with Crippen molar-refractivity contribution in [3.8, 4) is 0 Å². The van der Waals surface area contributed by atoms with Crippen LogP contribution in [0.2, 0.25) is 0 Å². The molecule has 3 aromatic rings. The summed E-state index contributed by atoms with van der Waals surface area (Å²) in [5.41, 5.74) is 19.6. The van der Waals surface area contributed by atoms with Crippen molar-refractivity contribution in [1.29, 1.82) is 0 Å². The molecule has 0 fully saturated rings. The Bertz CT molecular complexity index is 1450. The maximum Gasteiger partial charge on any atom is 0.0182 e. The molecule has 0 saturated heterocycles. The van der Waals surface area contributed by atoms with Gasteiger partial charge in [0.05, 0.1) is 0 Å². The van der Waals surface area contributed by atoms with Gasteiger partial charge >= 0.3 is 0 Å². The first-order chi connectivity index (χ1) is 18.9. The number of hydrogen-bond acceptors (Lipinski definition) is 0. The van der Waals surface area contributed by atoms with E-state index in [0.717, 1.165) is 12.8 Å². The van der Waals surface area contributed by atoms with Gasteiger partial charge in [0, 0.05) is 21.7 Å². The molecule has 7 rings (SSSR count). The normalized spacial score (nSPS) is 35.1. The molecule has 0 radical (unpaired) electrons. The fourth-order valence-electron chi connectivity index (χ4n) is 11.3. The monoisotopic (exact) mass is 526 g/mol. The quantitative estimate of drug-likeness (QED) is 0.297. The first-order valence-electron chi connectivity index (χ1n) is 15.5. The fraction of sp³-hybridized carbons (Fsp3) is 0.450. The maximum atomic E-state index is 2.60. The van der Waals surface area contributed by atoms with Crippen LogP contribution in [-0.4, -0.2) is 0 Å². The van der Waals surface area contributed by atoms with E-state index in [2.05, 4.69) is 130 Å². The van der Waals surface area contributed by atoms with E-state index in [1.54, 1.807) is 55.7 Å². The molecule has 4 aliphatic rings. The number of benzene rings is 3. The molecule has 0 aliphatic heterocycles. The van der Waals surface area contributed by atoms with Crippen LogP contribution in [0.25, 0.3) is 0 Å². The van der Waals surface area contributed by atoms with Crippen molar-refractivity contribution in [3.63, 3.8) is 0 Å². The SMILES string of the molecule is CC1=C(C)[C@@]2(C)c3c(C)c4c(c(C)c3[C@@]1(C)C2Cc1ccccc1)[C@@]1(C)C(C)=C(C)[C@@]4(C)C1Cc1ccccc1. The summed E-state index contributed by atoms with van der Waals surface area (Å²) < 4.78 is 0. The van der Waals surface area contributed by atoms with Crippen molar-refractivity contribution in [1.82, 2.24) is 0 Å². The molecule has 0 aromatic heterocycles. The molecule has 0 nitrogen and oxygen atoms in total. The smallest absolute Gasteiger partial charge is 0.0182 e. The van der Waals surface area contributed by atoms with Crippen molar-refractivity contribution in [3.05, 3.63) is 127 Å². The average Bonchev–Trinajstić information content (AvgIpc) is 3.40. The van der Waals surface area contributed by atoms with E-state index in [1.807, 2.05) is 0 Å². The highest BCUT2D eigenvalue weighted by Crippen LogP contribution is 2.74. The minimum atomic E-state index is 0.0641. The third-order valence-corrected chi connectivity index (χ3v) is 13.7. The second-order valence-electron chi connectivity index (χ2n) is 14.5. The van der Waals surface area contributed by atoms with Crippen molar-refractivity contribution in [2.24, 2.45) is 11.8 Å². The van der Waals surface area contributed by atoms with Crippen LogP contribution in [0.4, 0.5) is 0 Å². The third-order valence-electron chi connectivity index (χ3n) is 13.7. The largest absolute Gasteiger partial charge is 0.0628 e. The van der Waals surface area contributed by atoms with Crippen molar-refractivity contribution >= 4 is 0 Å². The molecule has 4 aliphatic carbocycles. The zero-order valence-electron chi connectivity index (χ0n) is 26.3. The molecule has 0 heteroatoms. The van der Waals surface area contributed by atoms with E-state index in [1.165, 1.54) is 11.1 Å². The van der Waals surface area contributed by atoms with Gasteiger partial charge in [0.25, 0.3) is 0 Å². The van der Waals surface area contributed by atoms with Crippen LogP contribution in [-0.2, 0) is 34.5 Å². The van der Waals surface area contributed by atoms with Crippen LogP contribution in [0.15, 0.2) is 83.0 Å². The van der Waals surface area contributed by atoms with Crippen LogP contribution in [0, 0.1) is 25.7 Å². The van der Waals surface area contributed by atoms with Crippen molar-refractivity contribution in [2.45, 2.75) is 104 Å². The van der Waals surface area contributed by atoms with Gasteiger partial charge in [-0.3, -0.25) is 0 Å². The van der Waals surface area contributed by atoms with Crippen molar-refractivity contribution < 1.29 is 0 Å². The molecule has 4 atom stereocenters. The molecular weight excluding hydrogens is 480 g/mol. The molecule has 0 heterocycles. The summed E-state index contributed by atoms with van der Waals surface area (Å²) >= 11 is 0. The van der Waals surface area contributed by atoms with Gasteiger partial charge in [-0.05, 0) is 111 Å². The summed E-state index contributed by atoms with van der Waals surface area (Å²) in [6, 6.07) is 22.5. The minimum Gasteiger partial charge on any atom is -0.0628 e. The highest BCUT2D eigenvalue weighted by Gasteiger charge is 2.68. The Morgan fingerprint density at radius 2 is 0.675 bits per heavy atom. The highest BCUT2D eigenvalue weighted by atomic mass is 14.7. The van der Waals surface area contributed by atoms with Gasteiger partial charge in [-0.2, -0.15) is 0 Å². The van der Waals surface area contributed by atoms with E-state index in [4.69, 9.17) is 0 Å². The predicted octanol–water partition coefficient (Wildman–Crippen LogP) is 9.78. The molecule has 40 heavy (non-hydrogen) atoms. The van der Waals surface area contributed by atoms with E-state index in [-0.39, 0.29) is 21.7 Å². The Labute approximate surface area is 242 Å². The minimum absolute atomic E-state index is 0.0641. The molecular formula is C40H46. The summed E-state index contributed by atoms with van der Waals surface area (Å²) in [6.07, 6.45) is 2.25. The van der Waals surface area contributed by atoms with Crippen LogP contribution >= 0.6 is 0 Å². The van der Waals surface area contributed by atoms with E-state index >= 15 is 0 Å². The lowest BCUT2D eigenvalue weighted by molar-refractivity contribution is 0.297. The molecule has 0 unspecified atom stereocenters. The standard InChI is InChI=1S/C40H46/c1-23-33-35(39(9)27(5)25(3)37(33,7)31(39)21-29-17-13-11-14-18-29)24(2)36-34(23)38(8)26(4)28(6)40(36,10)32(38)22-30-19-15-12-16-20-30/h11-20,31-32H,21-22H2,1-10H3/t31?,32?,37-,38+,39-,40+. The molecule has 0 amide bonds. The lowest BCUT2D eigenvalue weighted by atomic mass is 9.64. The van der Waals surface area contributed by atoms with Gasteiger partial charge in [0.1, 0.15) is 0 Å². The zero-order valence-corrected chi connectivity index (χ0v) is 26.3. The summed E-state index contributed by atoms with van der Waals surface area (Å²) in [5, 5.41) is 0. The molecule has 206 valence electrons. The zero-order chi connectivity index (χ0) is 28.6. The lowest BCUT2D eigenvalue weighted by Gasteiger charge is -2.40. The summed E-state index contributed by atoms with van der Waals surface area (Å²) in [4.78, 5) is 0. The average molecular weight is 527 g/mol. The summed E-state index contributed by atoms with van der Waals surface area (Å²) in [6.45, 7) is 25.2. The Kier molecular flexibility index (Phi) is 5.15. The van der Waals surface area contributed by atoms with Crippen LogP contribution in [0.1, 0.15) is 99.9 Å². The molecule has 3 aromatic carbocycles. The molecule has 0 N–H and O–H groups in total. The molecule has 0 saturated carbocycles. The lowest BCUT2D eigenvalue weighted by Crippen LogP contribution is -2.35. The van der Waals surface area contributed by atoms with Crippen LogP contribution in [0.3, 0.4) is 0 Å². The van der Waals surface area contributed by atoms with Gasteiger partial charge in [-0.1, -0.05) is 111 Å². The van der Waals surface area contributed by atoms with Crippen LogP contribution < -0.4 is 0 Å². The van der Waals surface area contributed by atoms with E-state index in [9.17, 15) is 0 Å². The van der Waals surface area contributed by atoms with Gasteiger partial charge < -0.3 is 0 Å². The second kappa shape index (κ2) is 7.90. The highest BCUT2D eigenvalue weighted by molar-refractivity contribution is 5.77. The first kappa shape index (κ1) is 26.1. The number of allylic oxidation sites excluding steroid dienone is 4. The topological polar surface area (TPSA) is 0 Å². The first-order valence-corrected chi connectivity index (χ1v) is 15.5. The second-order valence-corrected chi connectivity index (χ2v) is 14.5. The van der Waals surface area contributed by atoms with Crippen molar-refractivity contribution in [2.75, 3.05) is 0 Å². The fourth-order valence-corrected chi connectivity index (χ4v) is 11.3. The van der Waals surface area contributed by atoms with Gasteiger partial charge in [-0.25, -0.2) is 0 Å². The van der Waals surface area contributed by atoms with E-state index < -0.39 is 0 Å². The van der Waals surface area contributed by atoms with Gasteiger partial charge in [-0.15, -0.1) is 0 Å². The third kappa shape index (κ3) is 2.62. The Hall–Kier alpha value is -2.86. The molecule has 4 bridgehead atoms. The van der Waals surface area contributed by atoms with E-state index in [0.29, 0.717) is 11.8 Å². The number of hydrogen-bond donors (Lipinski definition) is 0. The van der Waals surface area contributed by atoms with Gasteiger partial charge in [0.2, 0.25) is 0 Å². The maximum absolute atomic E-state index is 2.60. The Balaban J connectivity index is 1.50. The van der Waals surface area contributed by atoms with Gasteiger partial charge in [0.15, 0.2) is 0 Å². The summed E-state index contributed by atoms with van der Waals surface area (Å²) in [7, 11) is 0.